The first-order chi connectivity index (χ1) is 13.0. The highest BCUT2D eigenvalue weighted by atomic mass is 19.1. The number of hydrogen-bond donors (Lipinski definition) is 1. The summed E-state index contributed by atoms with van der Waals surface area (Å²) in [4.78, 5) is 26.9. The predicted octanol–water partition coefficient (Wildman–Crippen LogP) is 3.35. The minimum Gasteiger partial charge on any atom is -0.356 e. The fourth-order valence-corrected chi connectivity index (χ4v) is 3.49. The van der Waals surface area contributed by atoms with Gasteiger partial charge in [-0.2, -0.15) is 0 Å². The first-order valence-electron chi connectivity index (χ1n) is 9.08. The van der Waals surface area contributed by atoms with Crippen molar-refractivity contribution in [1.82, 2.24) is 10.2 Å². The first kappa shape index (κ1) is 19.0. The number of amides is 2. The fraction of sp³-hybridized carbons (Fsp3) is 0.333. The molecule has 2 aromatic rings. The number of halogens is 2. The third kappa shape index (κ3) is 4.15. The zero-order chi connectivity index (χ0) is 19.4. The maximum atomic E-state index is 14.0. The molecule has 27 heavy (non-hydrogen) atoms. The van der Waals surface area contributed by atoms with Gasteiger partial charge in [0.2, 0.25) is 5.91 Å². The Kier molecular flexibility index (Phi) is 5.84. The van der Waals surface area contributed by atoms with Crippen LogP contribution in [0.2, 0.25) is 0 Å². The van der Waals surface area contributed by atoms with Gasteiger partial charge in [0.1, 0.15) is 11.6 Å². The Labute approximate surface area is 157 Å². The van der Waals surface area contributed by atoms with E-state index in [1.54, 1.807) is 18.2 Å². The third-order valence-electron chi connectivity index (χ3n) is 4.87. The van der Waals surface area contributed by atoms with Gasteiger partial charge in [-0.25, -0.2) is 8.78 Å². The second-order valence-electron chi connectivity index (χ2n) is 6.75. The average Bonchev–Trinajstić information content (AvgIpc) is 3.11. The second kappa shape index (κ2) is 8.29. The molecule has 2 atom stereocenters. The number of carbonyl (C=O) groups is 2. The van der Waals surface area contributed by atoms with Gasteiger partial charge in [0, 0.05) is 25.6 Å². The Balaban J connectivity index is 1.87. The van der Waals surface area contributed by atoms with E-state index in [9.17, 15) is 18.4 Å². The molecule has 1 saturated heterocycles. The molecular weight excluding hydrogens is 350 g/mol. The van der Waals surface area contributed by atoms with Crippen molar-refractivity contribution in [3.63, 3.8) is 0 Å². The highest BCUT2D eigenvalue weighted by Gasteiger charge is 2.40. The van der Waals surface area contributed by atoms with Crippen molar-refractivity contribution in [3.8, 4) is 0 Å². The van der Waals surface area contributed by atoms with E-state index in [0.29, 0.717) is 12.1 Å². The van der Waals surface area contributed by atoms with Crippen molar-refractivity contribution >= 4 is 11.8 Å². The Morgan fingerprint density at radius 1 is 1.11 bits per heavy atom. The number of likely N-dealkylation sites (tertiary alicyclic amines) is 1. The lowest BCUT2D eigenvalue weighted by Crippen LogP contribution is -2.36. The topological polar surface area (TPSA) is 49.4 Å². The van der Waals surface area contributed by atoms with Crippen LogP contribution in [-0.4, -0.2) is 36.3 Å². The van der Waals surface area contributed by atoms with Crippen LogP contribution >= 0.6 is 0 Å². The summed E-state index contributed by atoms with van der Waals surface area (Å²) < 4.78 is 27.7. The minimum absolute atomic E-state index is 0.0230. The van der Waals surface area contributed by atoms with Gasteiger partial charge in [-0.3, -0.25) is 9.59 Å². The summed E-state index contributed by atoms with van der Waals surface area (Å²) in [5.74, 6) is -2.46. The molecule has 0 aromatic heterocycles. The van der Waals surface area contributed by atoms with E-state index in [0.717, 1.165) is 6.42 Å². The zero-order valence-corrected chi connectivity index (χ0v) is 15.1. The lowest BCUT2D eigenvalue weighted by atomic mass is 9.88. The number of nitrogens with one attached hydrogen (secondary N) is 1. The molecule has 4 nitrogen and oxygen atoms in total. The zero-order valence-electron chi connectivity index (χ0n) is 15.1. The number of rotatable bonds is 5. The average molecular weight is 372 g/mol. The van der Waals surface area contributed by atoms with Crippen LogP contribution in [0.15, 0.2) is 48.5 Å². The molecule has 1 fully saturated rings. The van der Waals surface area contributed by atoms with Crippen LogP contribution in [0.4, 0.5) is 8.78 Å². The van der Waals surface area contributed by atoms with Crippen molar-refractivity contribution in [3.05, 3.63) is 71.3 Å². The molecule has 1 N–H and O–H groups in total. The van der Waals surface area contributed by atoms with Crippen molar-refractivity contribution in [2.24, 2.45) is 5.92 Å². The molecule has 0 spiro atoms. The van der Waals surface area contributed by atoms with Crippen molar-refractivity contribution in [1.29, 1.82) is 0 Å². The van der Waals surface area contributed by atoms with Crippen LogP contribution < -0.4 is 5.32 Å². The Bertz CT molecular complexity index is 840. The van der Waals surface area contributed by atoms with E-state index < -0.39 is 17.6 Å². The normalized spacial score (nSPS) is 19.1. The van der Waals surface area contributed by atoms with Crippen LogP contribution in [0.5, 0.6) is 0 Å². The quantitative estimate of drug-likeness (QED) is 0.875. The minimum atomic E-state index is -0.594. The van der Waals surface area contributed by atoms with Crippen LogP contribution in [0.3, 0.4) is 0 Å². The second-order valence-corrected chi connectivity index (χ2v) is 6.75. The predicted molar refractivity (Wildman–Crippen MR) is 98.2 cm³/mol. The molecule has 2 amide bonds. The smallest absolute Gasteiger partial charge is 0.256 e. The van der Waals surface area contributed by atoms with Crippen LogP contribution in [0.1, 0.15) is 35.2 Å². The summed E-state index contributed by atoms with van der Waals surface area (Å²) in [6.07, 6.45) is 0.793. The number of nitrogens with zero attached hydrogens (tertiary/aromatic N) is 1. The molecule has 0 aliphatic carbocycles. The summed E-state index contributed by atoms with van der Waals surface area (Å²) in [5, 5.41) is 2.85. The lowest BCUT2D eigenvalue weighted by molar-refractivity contribution is -0.124. The van der Waals surface area contributed by atoms with E-state index in [-0.39, 0.29) is 36.3 Å². The maximum absolute atomic E-state index is 14.0. The molecule has 1 aliphatic rings. The van der Waals surface area contributed by atoms with Crippen LogP contribution in [0, 0.1) is 17.6 Å². The molecule has 6 heteroatoms. The standard InChI is InChI=1S/C21H22F2N2O2/c1-2-10-24-20(26)18-13-25(21(27)16-8-3-4-9-19(16)23)12-17(18)14-6-5-7-15(22)11-14/h3-9,11,17-18H,2,10,12-13H2,1H3,(H,24,26)/t17-,18+/m0/s1. The third-order valence-corrected chi connectivity index (χ3v) is 4.87. The number of benzene rings is 2. The molecule has 3 rings (SSSR count). The Morgan fingerprint density at radius 3 is 2.59 bits per heavy atom. The molecule has 2 aromatic carbocycles. The molecule has 0 saturated carbocycles. The van der Waals surface area contributed by atoms with Gasteiger partial charge >= 0.3 is 0 Å². The summed E-state index contributed by atoms with van der Waals surface area (Å²) in [7, 11) is 0. The summed E-state index contributed by atoms with van der Waals surface area (Å²) in [6, 6.07) is 11.9. The van der Waals surface area contributed by atoms with Gasteiger partial charge in [0.05, 0.1) is 11.5 Å². The summed E-state index contributed by atoms with van der Waals surface area (Å²) >= 11 is 0. The monoisotopic (exact) mass is 372 g/mol. The largest absolute Gasteiger partial charge is 0.356 e. The first-order valence-corrected chi connectivity index (χ1v) is 9.08. The molecule has 1 aliphatic heterocycles. The highest BCUT2D eigenvalue weighted by molar-refractivity contribution is 5.95. The SMILES string of the molecule is CCCNC(=O)[C@@H]1CN(C(=O)c2ccccc2F)C[C@H]1c1cccc(F)c1. The van der Waals surface area contributed by atoms with Gasteiger partial charge in [-0.15, -0.1) is 0 Å². The number of hydrogen-bond acceptors (Lipinski definition) is 2. The van der Waals surface area contributed by atoms with E-state index in [1.807, 2.05) is 6.92 Å². The molecule has 0 radical (unpaired) electrons. The van der Waals surface area contributed by atoms with E-state index in [4.69, 9.17) is 0 Å². The Hall–Kier alpha value is -2.76. The highest BCUT2D eigenvalue weighted by Crippen LogP contribution is 2.34. The molecule has 1 heterocycles. The van der Waals surface area contributed by atoms with Crippen molar-refractivity contribution < 1.29 is 18.4 Å². The van der Waals surface area contributed by atoms with Gasteiger partial charge in [-0.1, -0.05) is 31.2 Å². The lowest BCUT2D eigenvalue weighted by Gasteiger charge is -2.18. The summed E-state index contributed by atoms with van der Waals surface area (Å²) in [6.45, 7) is 2.89. The van der Waals surface area contributed by atoms with E-state index in [2.05, 4.69) is 5.32 Å². The van der Waals surface area contributed by atoms with Gasteiger partial charge in [0.15, 0.2) is 0 Å². The maximum Gasteiger partial charge on any atom is 0.256 e. The molecule has 0 bridgehead atoms. The number of carbonyl (C=O) groups excluding carboxylic acids is 2. The summed E-state index contributed by atoms with van der Waals surface area (Å²) in [5.41, 5.74) is 0.639. The van der Waals surface area contributed by atoms with Crippen LogP contribution in [0.25, 0.3) is 0 Å². The van der Waals surface area contributed by atoms with Crippen molar-refractivity contribution in [2.75, 3.05) is 19.6 Å². The van der Waals surface area contributed by atoms with Gasteiger partial charge in [0.25, 0.3) is 5.91 Å². The van der Waals surface area contributed by atoms with Crippen LogP contribution in [-0.2, 0) is 4.79 Å². The van der Waals surface area contributed by atoms with E-state index >= 15 is 0 Å². The van der Waals surface area contributed by atoms with E-state index in [1.165, 1.54) is 35.2 Å². The van der Waals surface area contributed by atoms with Gasteiger partial charge in [-0.05, 0) is 36.2 Å². The van der Waals surface area contributed by atoms with Crippen molar-refractivity contribution in [2.45, 2.75) is 19.3 Å². The molecular formula is C21H22F2N2O2. The van der Waals surface area contributed by atoms with Gasteiger partial charge < -0.3 is 10.2 Å². The Morgan fingerprint density at radius 2 is 1.89 bits per heavy atom. The fourth-order valence-electron chi connectivity index (χ4n) is 3.49. The molecule has 0 unspecified atom stereocenters. The molecule has 142 valence electrons.